The van der Waals surface area contributed by atoms with E-state index in [9.17, 15) is 4.79 Å². The highest BCUT2D eigenvalue weighted by molar-refractivity contribution is 7.98. The van der Waals surface area contributed by atoms with Crippen LogP contribution < -0.4 is 4.74 Å². The number of hydrogen-bond acceptors (Lipinski definition) is 4. The second-order valence-corrected chi connectivity index (χ2v) is 4.69. The van der Waals surface area contributed by atoms with Crippen LogP contribution >= 0.6 is 11.8 Å². The van der Waals surface area contributed by atoms with E-state index in [4.69, 9.17) is 9.84 Å². The second-order valence-electron chi connectivity index (χ2n) is 3.70. The summed E-state index contributed by atoms with van der Waals surface area (Å²) in [6.07, 6.45) is 5.53. The van der Waals surface area contributed by atoms with Gasteiger partial charge in [-0.05, 0) is 43.6 Å². The number of nitrogens with zero attached hydrogens (tertiary/aromatic N) is 1. The number of thioether (sulfide) groups is 1. The van der Waals surface area contributed by atoms with Crippen molar-refractivity contribution in [1.82, 2.24) is 4.98 Å². The summed E-state index contributed by atoms with van der Waals surface area (Å²) in [4.78, 5) is 14.8. The average molecular weight is 267 g/mol. The molecule has 0 spiro atoms. The lowest BCUT2D eigenvalue weighted by molar-refractivity contribution is -0.131. The molecule has 0 bridgehead atoms. The maximum atomic E-state index is 10.5. The first-order valence-electron chi connectivity index (χ1n) is 5.64. The second kappa shape index (κ2) is 7.76. The lowest BCUT2D eigenvalue weighted by Crippen LogP contribution is -2.01. The number of aromatic nitrogens is 1. The Morgan fingerprint density at radius 3 is 3.00 bits per heavy atom. The Hall–Kier alpha value is -1.49. The fraction of sp³-hybridized carbons (Fsp3) is 0.385. The first-order chi connectivity index (χ1) is 8.63. The summed E-state index contributed by atoms with van der Waals surface area (Å²) < 4.78 is 5.61. The van der Waals surface area contributed by atoms with E-state index < -0.39 is 5.97 Å². The average Bonchev–Trinajstić information content (AvgIpc) is 2.34. The third-order valence-corrected chi connectivity index (χ3v) is 2.86. The molecule has 98 valence electrons. The minimum atomic E-state index is -0.994. The molecule has 0 aliphatic heterocycles. The van der Waals surface area contributed by atoms with Crippen LogP contribution in [0.4, 0.5) is 0 Å². The van der Waals surface area contributed by atoms with Crippen LogP contribution in [-0.4, -0.2) is 34.7 Å². The molecular formula is C13H17NO3S. The first kappa shape index (κ1) is 14.6. The molecule has 1 N–H and O–H groups in total. The topological polar surface area (TPSA) is 59.4 Å². The molecule has 0 radical (unpaired) electrons. The van der Waals surface area contributed by atoms with Gasteiger partial charge in [0.15, 0.2) is 0 Å². The molecule has 1 rings (SSSR count). The molecule has 0 aliphatic rings. The van der Waals surface area contributed by atoms with Crippen LogP contribution in [-0.2, 0) is 4.79 Å². The van der Waals surface area contributed by atoms with E-state index in [0.717, 1.165) is 23.9 Å². The number of carboxylic acids is 1. The van der Waals surface area contributed by atoms with Gasteiger partial charge in [-0.15, -0.1) is 0 Å². The van der Waals surface area contributed by atoms with Gasteiger partial charge >= 0.3 is 5.97 Å². The third-order valence-electron chi connectivity index (χ3n) is 2.16. The maximum Gasteiger partial charge on any atom is 0.328 e. The minimum Gasteiger partial charge on any atom is -0.491 e. The lowest BCUT2D eigenvalue weighted by atomic mass is 10.2. The van der Waals surface area contributed by atoms with Crippen LogP contribution in [0.5, 0.6) is 5.75 Å². The SMILES string of the molecule is CSCCCOc1ccc(C)nc1/C=C/C(=O)O. The fourth-order valence-corrected chi connectivity index (χ4v) is 1.75. The minimum absolute atomic E-state index is 0.557. The zero-order chi connectivity index (χ0) is 13.4. The van der Waals surface area contributed by atoms with Crippen LogP contribution in [0.2, 0.25) is 0 Å². The molecule has 0 unspecified atom stereocenters. The van der Waals surface area contributed by atoms with E-state index >= 15 is 0 Å². The van der Waals surface area contributed by atoms with E-state index in [0.29, 0.717) is 18.1 Å². The Bertz CT molecular complexity index is 432. The van der Waals surface area contributed by atoms with Crippen molar-refractivity contribution in [1.29, 1.82) is 0 Å². The molecule has 0 amide bonds. The summed E-state index contributed by atoms with van der Waals surface area (Å²) in [6.45, 7) is 2.47. The van der Waals surface area contributed by atoms with Crippen LogP contribution in [0.15, 0.2) is 18.2 Å². The summed E-state index contributed by atoms with van der Waals surface area (Å²) in [5.74, 6) is 0.672. The van der Waals surface area contributed by atoms with Crippen LogP contribution in [0, 0.1) is 6.92 Å². The molecule has 18 heavy (non-hydrogen) atoms. The molecule has 0 aromatic carbocycles. The van der Waals surface area contributed by atoms with Crippen molar-refractivity contribution in [2.24, 2.45) is 0 Å². The smallest absolute Gasteiger partial charge is 0.328 e. The Morgan fingerprint density at radius 1 is 1.56 bits per heavy atom. The van der Waals surface area contributed by atoms with Gasteiger partial charge in [-0.25, -0.2) is 9.78 Å². The number of ether oxygens (including phenoxy) is 1. The Labute approximate surface area is 111 Å². The largest absolute Gasteiger partial charge is 0.491 e. The number of hydrogen-bond donors (Lipinski definition) is 1. The quantitative estimate of drug-likeness (QED) is 0.608. The van der Waals surface area contributed by atoms with Gasteiger partial charge in [-0.1, -0.05) is 0 Å². The van der Waals surface area contributed by atoms with Gasteiger partial charge in [0.2, 0.25) is 0 Å². The highest BCUT2D eigenvalue weighted by atomic mass is 32.2. The van der Waals surface area contributed by atoms with Gasteiger partial charge < -0.3 is 9.84 Å². The van der Waals surface area contributed by atoms with Gasteiger partial charge in [0.25, 0.3) is 0 Å². The highest BCUT2D eigenvalue weighted by Gasteiger charge is 2.03. The Balaban J connectivity index is 2.73. The standard InChI is InChI=1S/C13H17NO3S/c1-10-4-6-12(17-8-3-9-18-2)11(14-10)5-7-13(15)16/h4-7H,3,8-9H2,1-2H3,(H,15,16)/b7-5+. The number of aliphatic carboxylic acids is 1. The van der Waals surface area contributed by atoms with Gasteiger partial charge in [-0.2, -0.15) is 11.8 Å². The van der Waals surface area contributed by atoms with Crippen molar-refractivity contribution >= 4 is 23.8 Å². The molecule has 5 heteroatoms. The maximum absolute atomic E-state index is 10.5. The zero-order valence-electron chi connectivity index (χ0n) is 10.5. The molecule has 1 aromatic rings. The van der Waals surface area contributed by atoms with Crippen molar-refractivity contribution in [3.05, 3.63) is 29.6 Å². The van der Waals surface area contributed by atoms with Crippen molar-refractivity contribution in [2.45, 2.75) is 13.3 Å². The molecule has 1 heterocycles. The van der Waals surface area contributed by atoms with Gasteiger partial charge in [-0.3, -0.25) is 0 Å². The third kappa shape index (κ3) is 5.23. The van der Waals surface area contributed by atoms with Crippen LogP contribution in [0.1, 0.15) is 17.8 Å². The Morgan fingerprint density at radius 2 is 2.33 bits per heavy atom. The number of carbonyl (C=O) groups is 1. The molecule has 0 saturated heterocycles. The molecule has 0 saturated carbocycles. The van der Waals surface area contributed by atoms with E-state index in [1.54, 1.807) is 11.8 Å². The number of aryl methyl sites for hydroxylation is 1. The number of rotatable bonds is 7. The predicted octanol–water partition coefficient (Wildman–Crippen LogP) is 2.62. The van der Waals surface area contributed by atoms with Crippen molar-refractivity contribution in [3.63, 3.8) is 0 Å². The summed E-state index contributed by atoms with van der Waals surface area (Å²) in [6, 6.07) is 3.67. The first-order valence-corrected chi connectivity index (χ1v) is 7.03. The lowest BCUT2D eigenvalue weighted by Gasteiger charge is -2.08. The van der Waals surface area contributed by atoms with E-state index in [2.05, 4.69) is 11.2 Å². The fourth-order valence-electron chi connectivity index (χ4n) is 1.34. The van der Waals surface area contributed by atoms with Crippen molar-refractivity contribution in [2.75, 3.05) is 18.6 Å². The zero-order valence-corrected chi connectivity index (χ0v) is 11.4. The molecule has 0 fully saturated rings. The summed E-state index contributed by atoms with van der Waals surface area (Å²) >= 11 is 1.77. The molecule has 1 aromatic heterocycles. The summed E-state index contributed by atoms with van der Waals surface area (Å²) in [5.41, 5.74) is 1.39. The van der Waals surface area contributed by atoms with Crippen LogP contribution in [0.3, 0.4) is 0 Å². The van der Waals surface area contributed by atoms with Crippen LogP contribution in [0.25, 0.3) is 6.08 Å². The summed E-state index contributed by atoms with van der Waals surface area (Å²) in [7, 11) is 0. The van der Waals surface area contributed by atoms with Crippen molar-refractivity contribution in [3.8, 4) is 5.75 Å². The predicted molar refractivity (Wildman–Crippen MR) is 74.1 cm³/mol. The molecule has 4 nitrogen and oxygen atoms in total. The van der Waals surface area contributed by atoms with E-state index in [-0.39, 0.29) is 0 Å². The van der Waals surface area contributed by atoms with Gasteiger partial charge in [0, 0.05) is 11.8 Å². The van der Waals surface area contributed by atoms with E-state index in [1.807, 2.05) is 19.1 Å². The molecule has 0 atom stereocenters. The molecular weight excluding hydrogens is 250 g/mol. The van der Waals surface area contributed by atoms with Gasteiger partial charge in [0.1, 0.15) is 11.4 Å². The number of pyridine rings is 1. The van der Waals surface area contributed by atoms with Crippen molar-refractivity contribution < 1.29 is 14.6 Å². The highest BCUT2D eigenvalue weighted by Crippen LogP contribution is 2.18. The summed E-state index contributed by atoms with van der Waals surface area (Å²) in [5, 5.41) is 8.62. The van der Waals surface area contributed by atoms with E-state index in [1.165, 1.54) is 6.08 Å². The normalized spacial score (nSPS) is 10.8. The molecule has 0 aliphatic carbocycles. The Kier molecular flexibility index (Phi) is 6.28. The number of carboxylic acid groups (broad SMARTS) is 1. The van der Waals surface area contributed by atoms with Gasteiger partial charge in [0.05, 0.1) is 6.61 Å². The monoisotopic (exact) mass is 267 g/mol.